The Kier molecular flexibility index (Phi) is 5.05. The highest BCUT2D eigenvalue weighted by Gasteiger charge is 2.20. The predicted octanol–water partition coefficient (Wildman–Crippen LogP) is 0.655. The van der Waals surface area contributed by atoms with Gasteiger partial charge < -0.3 is 14.6 Å². The fourth-order valence-electron chi connectivity index (χ4n) is 2.79. The lowest BCUT2D eigenvalue weighted by Gasteiger charge is -2.32. The molecule has 2 aromatic heterocycles. The van der Waals surface area contributed by atoms with Crippen LogP contribution in [0, 0.1) is 0 Å². The summed E-state index contributed by atoms with van der Waals surface area (Å²) in [6.45, 7) is 2.62. The lowest BCUT2D eigenvalue weighted by atomic mass is 10.0. The van der Waals surface area contributed by atoms with Gasteiger partial charge in [-0.2, -0.15) is 4.98 Å². The highest BCUT2D eigenvalue weighted by molar-refractivity contribution is 5.38. The van der Waals surface area contributed by atoms with E-state index in [2.05, 4.69) is 25.2 Å². The van der Waals surface area contributed by atoms with E-state index in [0.29, 0.717) is 18.5 Å². The van der Waals surface area contributed by atoms with Crippen LogP contribution in [0.25, 0.3) is 0 Å². The van der Waals surface area contributed by atoms with Crippen LogP contribution in [-0.4, -0.2) is 50.7 Å². The van der Waals surface area contributed by atoms with Crippen LogP contribution in [0.5, 0.6) is 5.88 Å². The molecule has 2 aromatic rings. The second-order valence-corrected chi connectivity index (χ2v) is 5.95. The Morgan fingerprint density at radius 1 is 1.33 bits per heavy atom. The summed E-state index contributed by atoms with van der Waals surface area (Å²) in [6.07, 6.45) is 5.29. The van der Waals surface area contributed by atoms with Gasteiger partial charge in [0.25, 0.3) is 0 Å². The Balaban J connectivity index is 1.51. The average molecular weight is 330 g/mol. The van der Waals surface area contributed by atoms with Crippen LogP contribution in [0.4, 0.5) is 5.82 Å². The second-order valence-electron chi connectivity index (χ2n) is 5.95. The first kappa shape index (κ1) is 16.4. The van der Waals surface area contributed by atoms with Crippen LogP contribution in [0.3, 0.4) is 0 Å². The smallest absolute Gasteiger partial charge is 0.347 e. The first-order chi connectivity index (χ1) is 11.6. The summed E-state index contributed by atoms with van der Waals surface area (Å²) >= 11 is 0. The maximum atomic E-state index is 11.6. The van der Waals surface area contributed by atoms with Gasteiger partial charge in [0.15, 0.2) is 0 Å². The number of ether oxygens (including phenoxy) is 1. The molecule has 3 heterocycles. The van der Waals surface area contributed by atoms with Crippen molar-refractivity contribution >= 4 is 5.82 Å². The summed E-state index contributed by atoms with van der Waals surface area (Å²) in [4.78, 5) is 26.2. The van der Waals surface area contributed by atoms with Crippen molar-refractivity contribution in [2.45, 2.75) is 25.4 Å². The van der Waals surface area contributed by atoms with E-state index in [1.54, 1.807) is 26.4 Å². The topological polar surface area (TPSA) is 85.2 Å². The van der Waals surface area contributed by atoms with Gasteiger partial charge in [0.2, 0.25) is 5.88 Å². The van der Waals surface area contributed by atoms with Gasteiger partial charge in [-0.15, -0.1) is 0 Å². The number of rotatable bonds is 5. The number of aromatic nitrogens is 4. The highest BCUT2D eigenvalue weighted by atomic mass is 16.5. The predicted molar refractivity (Wildman–Crippen MR) is 90.0 cm³/mol. The Morgan fingerprint density at radius 2 is 2.12 bits per heavy atom. The third-order valence-corrected chi connectivity index (χ3v) is 4.21. The third kappa shape index (κ3) is 4.08. The fraction of sp³-hybridized carbons (Fsp3) is 0.500. The van der Waals surface area contributed by atoms with Gasteiger partial charge in [-0.25, -0.2) is 14.8 Å². The van der Waals surface area contributed by atoms with E-state index in [9.17, 15) is 4.79 Å². The minimum Gasteiger partial charge on any atom is -0.481 e. The van der Waals surface area contributed by atoms with E-state index in [-0.39, 0.29) is 5.69 Å². The van der Waals surface area contributed by atoms with Crippen molar-refractivity contribution in [2.24, 2.45) is 7.05 Å². The summed E-state index contributed by atoms with van der Waals surface area (Å²) in [6, 6.07) is 4.08. The molecule has 1 N–H and O–H groups in total. The maximum Gasteiger partial charge on any atom is 0.347 e. The van der Waals surface area contributed by atoms with Crippen molar-refractivity contribution < 1.29 is 4.74 Å². The molecule has 0 bridgehead atoms. The van der Waals surface area contributed by atoms with Crippen molar-refractivity contribution in [3.05, 3.63) is 40.8 Å². The molecule has 0 amide bonds. The molecule has 24 heavy (non-hydrogen) atoms. The van der Waals surface area contributed by atoms with Gasteiger partial charge in [-0.1, -0.05) is 0 Å². The summed E-state index contributed by atoms with van der Waals surface area (Å²) in [5, 5.41) is 3.43. The number of piperidine rings is 1. The molecular weight excluding hydrogens is 308 g/mol. The standard InChI is InChI=1S/C16H22N6O2/c1-21-6-3-13(20-16(21)23)10-22-7-4-12(5-8-22)19-14-9-15(24-2)18-11-17-14/h3,6,9,11-12H,4-5,7-8,10H2,1-2H3,(H,17,18,19). The van der Waals surface area contributed by atoms with Crippen molar-refractivity contribution in [2.75, 3.05) is 25.5 Å². The van der Waals surface area contributed by atoms with Gasteiger partial charge in [-0.05, 0) is 18.9 Å². The molecule has 128 valence electrons. The molecule has 0 aliphatic carbocycles. The third-order valence-electron chi connectivity index (χ3n) is 4.21. The maximum absolute atomic E-state index is 11.6. The van der Waals surface area contributed by atoms with E-state index >= 15 is 0 Å². The number of methoxy groups -OCH3 is 1. The summed E-state index contributed by atoms with van der Waals surface area (Å²) < 4.78 is 6.59. The zero-order valence-corrected chi connectivity index (χ0v) is 14.0. The van der Waals surface area contributed by atoms with Crippen LogP contribution in [0.1, 0.15) is 18.5 Å². The van der Waals surface area contributed by atoms with Crippen LogP contribution in [0.15, 0.2) is 29.5 Å². The molecule has 3 rings (SSSR count). The van der Waals surface area contributed by atoms with Crippen molar-refractivity contribution in [3.63, 3.8) is 0 Å². The first-order valence-corrected chi connectivity index (χ1v) is 8.01. The summed E-state index contributed by atoms with van der Waals surface area (Å²) in [5.74, 6) is 1.34. The van der Waals surface area contributed by atoms with Crippen molar-refractivity contribution in [1.29, 1.82) is 0 Å². The molecule has 0 aromatic carbocycles. The van der Waals surface area contributed by atoms with Crippen molar-refractivity contribution in [3.8, 4) is 5.88 Å². The number of likely N-dealkylation sites (tertiary alicyclic amines) is 1. The lowest BCUT2D eigenvalue weighted by Crippen LogP contribution is -2.39. The second kappa shape index (κ2) is 7.39. The van der Waals surface area contributed by atoms with Crippen LogP contribution >= 0.6 is 0 Å². The molecular formula is C16H22N6O2. The normalized spacial score (nSPS) is 16.1. The molecule has 0 spiro atoms. The van der Waals surface area contributed by atoms with E-state index in [1.807, 2.05) is 6.07 Å². The molecule has 1 fully saturated rings. The molecule has 0 unspecified atom stereocenters. The van der Waals surface area contributed by atoms with E-state index in [0.717, 1.165) is 37.4 Å². The Bertz CT molecular complexity index is 739. The number of nitrogens with zero attached hydrogens (tertiary/aromatic N) is 5. The quantitative estimate of drug-likeness (QED) is 0.862. The van der Waals surface area contributed by atoms with Gasteiger partial charge in [-0.3, -0.25) is 4.90 Å². The summed E-state index contributed by atoms with van der Waals surface area (Å²) in [5.41, 5.74) is 0.617. The largest absolute Gasteiger partial charge is 0.481 e. The van der Waals surface area contributed by atoms with Crippen molar-refractivity contribution in [1.82, 2.24) is 24.4 Å². The molecule has 0 radical (unpaired) electrons. The van der Waals surface area contributed by atoms with E-state index in [4.69, 9.17) is 4.74 Å². The Labute approximate surface area is 140 Å². The summed E-state index contributed by atoms with van der Waals surface area (Å²) in [7, 11) is 3.30. The minimum atomic E-state index is -0.207. The fourth-order valence-corrected chi connectivity index (χ4v) is 2.79. The molecule has 1 aliphatic heterocycles. The number of hydrogen-bond donors (Lipinski definition) is 1. The molecule has 1 aliphatic rings. The number of aryl methyl sites for hydroxylation is 1. The average Bonchev–Trinajstić information content (AvgIpc) is 2.60. The number of hydrogen-bond acceptors (Lipinski definition) is 7. The first-order valence-electron chi connectivity index (χ1n) is 8.01. The van der Waals surface area contributed by atoms with Gasteiger partial charge in [0.1, 0.15) is 12.1 Å². The SMILES string of the molecule is COc1cc(NC2CCN(Cc3ccn(C)c(=O)n3)CC2)ncn1. The molecule has 8 heteroatoms. The zero-order chi connectivity index (χ0) is 16.9. The lowest BCUT2D eigenvalue weighted by molar-refractivity contribution is 0.208. The number of nitrogens with one attached hydrogen (secondary N) is 1. The van der Waals surface area contributed by atoms with Crippen LogP contribution in [-0.2, 0) is 13.6 Å². The highest BCUT2D eigenvalue weighted by Crippen LogP contribution is 2.18. The monoisotopic (exact) mass is 330 g/mol. The van der Waals surface area contributed by atoms with E-state index in [1.165, 1.54) is 10.9 Å². The Morgan fingerprint density at radius 3 is 2.83 bits per heavy atom. The van der Waals surface area contributed by atoms with Crippen LogP contribution < -0.4 is 15.7 Å². The van der Waals surface area contributed by atoms with Gasteiger partial charge >= 0.3 is 5.69 Å². The minimum absolute atomic E-state index is 0.207. The number of anilines is 1. The zero-order valence-electron chi connectivity index (χ0n) is 14.0. The molecule has 1 saturated heterocycles. The molecule has 0 atom stereocenters. The van der Waals surface area contributed by atoms with Crippen LogP contribution in [0.2, 0.25) is 0 Å². The molecule has 8 nitrogen and oxygen atoms in total. The van der Waals surface area contributed by atoms with Gasteiger partial charge in [0, 0.05) is 45.0 Å². The Hall–Kier alpha value is -2.48. The van der Waals surface area contributed by atoms with Gasteiger partial charge in [0.05, 0.1) is 12.8 Å². The molecule has 0 saturated carbocycles. The van der Waals surface area contributed by atoms with E-state index < -0.39 is 0 Å².